The second-order valence-electron chi connectivity index (χ2n) is 4.38. The Hall–Kier alpha value is -1.99. The number of aromatic nitrogens is 4. The Kier molecular flexibility index (Phi) is 3.85. The van der Waals surface area contributed by atoms with E-state index in [-0.39, 0.29) is 0 Å². The van der Waals surface area contributed by atoms with Crippen LogP contribution in [0, 0.1) is 0 Å². The van der Waals surface area contributed by atoms with Gasteiger partial charge in [0.15, 0.2) is 5.76 Å². The summed E-state index contributed by atoms with van der Waals surface area (Å²) in [7, 11) is -1.20. The Morgan fingerprint density at radius 3 is 2.81 bits per heavy atom. The summed E-state index contributed by atoms with van der Waals surface area (Å²) < 4.78 is 18.5. The van der Waals surface area contributed by atoms with Gasteiger partial charge in [0.25, 0.3) is 0 Å². The predicted molar refractivity (Wildman–Crippen MR) is 78.4 cm³/mol. The first kappa shape index (κ1) is 14.0. The zero-order valence-corrected chi connectivity index (χ0v) is 12.6. The zero-order chi connectivity index (χ0) is 14.8. The minimum atomic E-state index is -1.20. The monoisotopic (exact) mass is 322 g/mol. The maximum Gasteiger partial charge on any atom is 0.221 e. The third kappa shape index (κ3) is 3.03. The van der Waals surface area contributed by atoms with Crippen LogP contribution in [0.15, 0.2) is 46.3 Å². The summed E-state index contributed by atoms with van der Waals surface area (Å²) in [6.45, 7) is 0.377. The van der Waals surface area contributed by atoms with Crippen molar-refractivity contribution in [3.63, 3.8) is 0 Å². The number of nitrogens with zero attached hydrogens (tertiary/aromatic N) is 4. The van der Waals surface area contributed by atoms with Crippen molar-refractivity contribution in [2.75, 3.05) is 6.26 Å². The van der Waals surface area contributed by atoms with E-state index in [1.54, 1.807) is 23.0 Å². The van der Waals surface area contributed by atoms with Crippen molar-refractivity contribution in [3.8, 4) is 11.3 Å². The molecule has 0 aliphatic heterocycles. The van der Waals surface area contributed by atoms with E-state index >= 15 is 0 Å². The van der Waals surface area contributed by atoms with Gasteiger partial charge in [-0.15, -0.1) is 10.2 Å². The normalized spacial score (nSPS) is 12.5. The van der Waals surface area contributed by atoms with Crippen LogP contribution in [0.25, 0.3) is 11.3 Å². The van der Waals surface area contributed by atoms with E-state index in [1.807, 2.05) is 18.2 Å². The van der Waals surface area contributed by atoms with E-state index in [0.717, 1.165) is 5.56 Å². The zero-order valence-electron chi connectivity index (χ0n) is 11.1. The number of rotatable bonds is 4. The van der Waals surface area contributed by atoms with Crippen molar-refractivity contribution in [2.45, 2.75) is 11.7 Å². The van der Waals surface area contributed by atoms with Crippen molar-refractivity contribution in [1.29, 1.82) is 0 Å². The van der Waals surface area contributed by atoms with Gasteiger partial charge in [-0.25, -0.2) is 0 Å². The van der Waals surface area contributed by atoms with E-state index in [4.69, 9.17) is 16.1 Å². The molecule has 0 saturated heterocycles. The summed E-state index contributed by atoms with van der Waals surface area (Å²) in [6, 6.07) is 9.16. The summed E-state index contributed by atoms with van der Waals surface area (Å²) >= 11 is 5.86. The van der Waals surface area contributed by atoms with Crippen LogP contribution in [-0.4, -0.2) is 30.4 Å². The molecule has 0 saturated carbocycles. The maximum atomic E-state index is 11.5. The Balaban J connectivity index is 1.83. The van der Waals surface area contributed by atoms with Gasteiger partial charge in [0.05, 0.1) is 17.3 Å². The molecule has 3 aromatic rings. The standard InChI is InChI=1S/C13H11ClN4O2S/c1-21(19)13-16-15-8-18(13)7-11-6-12(17-20-11)9-2-4-10(14)5-3-9/h2-6,8H,7H2,1H3/t21-/m1/s1. The van der Waals surface area contributed by atoms with Crippen LogP contribution in [0.3, 0.4) is 0 Å². The molecule has 0 radical (unpaired) electrons. The molecule has 108 valence electrons. The third-order valence-corrected chi connectivity index (χ3v) is 3.94. The molecule has 0 unspecified atom stereocenters. The quantitative estimate of drug-likeness (QED) is 0.737. The first-order chi connectivity index (χ1) is 10.1. The van der Waals surface area contributed by atoms with Gasteiger partial charge in [-0.2, -0.15) is 0 Å². The molecule has 0 N–H and O–H groups in total. The minimum absolute atomic E-state index is 0.377. The summed E-state index contributed by atoms with van der Waals surface area (Å²) in [5, 5.41) is 12.7. The highest BCUT2D eigenvalue weighted by molar-refractivity contribution is 7.84. The molecule has 2 heterocycles. The first-order valence-electron chi connectivity index (χ1n) is 6.06. The largest absolute Gasteiger partial charge is 0.359 e. The summed E-state index contributed by atoms with van der Waals surface area (Å²) in [6.07, 6.45) is 3.07. The van der Waals surface area contributed by atoms with Crippen LogP contribution >= 0.6 is 11.6 Å². The van der Waals surface area contributed by atoms with Crippen LogP contribution in [0.5, 0.6) is 0 Å². The molecule has 2 aromatic heterocycles. The fraction of sp³-hybridized carbons (Fsp3) is 0.154. The van der Waals surface area contributed by atoms with E-state index in [1.165, 1.54) is 6.33 Å². The Labute approximate surface area is 128 Å². The van der Waals surface area contributed by atoms with Gasteiger partial charge in [0.2, 0.25) is 5.16 Å². The lowest BCUT2D eigenvalue weighted by Gasteiger charge is -2.00. The maximum absolute atomic E-state index is 11.5. The fourth-order valence-electron chi connectivity index (χ4n) is 1.89. The molecule has 0 amide bonds. The third-order valence-electron chi connectivity index (χ3n) is 2.86. The Morgan fingerprint density at radius 1 is 1.33 bits per heavy atom. The second-order valence-corrected chi connectivity index (χ2v) is 6.09. The molecule has 0 fully saturated rings. The van der Waals surface area contributed by atoms with E-state index in [2.05, 4.69) is 15.4 Å². The Morgan fingerprint density at radius 2 is 2.10 bits per heavy atom. The molecule has 8 heteroatoms. The number of benzene rings is 1. The van der Waals surface area contributed by atoms with Gasteiger partial charge in [0, 0.05) is 22.9 Å². The lowest BCUT2D eigenvalue weighted by molar-refractivity contribution is 0.374. The van der Waals surface area contributed by atoms with Crippen molar-refractivity contribution >= 4 is 22.4 Å². The molecule has 1 atom stereocenters. The van der Waals surface area contributed by atoms with Crippen LogP contribution in [0.2, 0.25) is 5.02 Å². The van der Waals surface area contributed by atoms with Crippen LogP contribution in [0.4, 0.5) is 0 Å². The molecule has 0 bridgehead atoms. The fourth-order valence-corrected chi connectivity index (χ4v) is 2.62. The molecule has 0 spiro atoms. The van der Waals surface area contributed by atoms with Gasteiger partial charge >= 0.3 is 0 Å². The lowest BCUT2D eigenvalue weighted by Crippen LogP contribution is -2.04. The summed E-state index contributed by atoms with van der Waals surface area (Å²) in [5.41, 5.74) is 1.63. The van der Waals surface area contributed by atoms with Gasteiger partial charge < -0.3 is 4.52 Å². The highest BCUT2D eigenvalue weighted by atomic mass is 35.5. The van der Waals surface area contributed by atoms with Gasteiger partial charge in [-0.05, 0) is 12.1 Å². The minimum Gasteiger partial charge on any atom is -0.359 e. The van der Waals surface area contributed by atoms with Crippen LogP contribution < -0.4 is 0 Å². The highest BCUT2D eigenvalue weighted by Gasteiger charge is 2.12. The van der Waals surface area contributed by atoms with Gasteiger partial charge in [-0.3, -0.25) is 8.78 Å². The number of hydrogen-bond donors (Lipinski definition) is 0. The van der Waals surface area contributed by atoms with E-state index in [0.29, 0.717) is 28.2 Å². The number of halogens is 1. The van der Waals surface area contributed by atoms with Crippen molar-refractivity contribution in [2.24, 2.45) is 0 Å². The van der Waals surface area contributed by atoms with Gasteiger partial charge in [-0.1, -0.05) is 28.9 Å². The van der Waals surface area contributed by atoms with Crippen molar-refractivity contribution in [1.82, 2.24) is 19.9 Å². The molecule has 0 aliphatic carbocycles. The molecule has 0 aliphatic rings. The van der Waals surface area contributed by atoms with Crippen molar-refractivity contribution < 1.29 is 8.73 Å². The average molecular weight is 323 g/mol. The average Bonchev–Trinajstić information content (AvgIpc) is 3.09. The molecular formula is C13H11ClN4O2S. The van der Waals surface area contributed by atoms with Crippen molar-refractivity contribution in [3.05, 3.63) is 47.4 Å². The summed E-state index contributed by atoms with van der Waals surface area (Å²) in [5.74, 6) is 0.631. The van der Waals surface area contributed by atoms with Gasteiger partial charge in [0.1, 0.15) is 12.0 Å². The van der Waals surface area contributed by atoms with E-state index < -0.39 is 10.8 Å². The lowest BCUT2D eigenvalue weighted by atomic mass is 10.1. The van der Waals surface area contributed by atoms with Crippen LogP contribution in [0.1, 0.15) is 5.76 Å². The first-order valence-corrected chi connectivity index (χ1v) is 8.00. The molecule has 21 heavy (non-hydrogen) atoms. The van der Waals surface area contributed by atoms with Crippen LogP contribution in [-0.2, 0) is 17.3 Å². The Bertz CT molecular complexity index is 782. The molecule has 6 nitrogen and oxygen atoms in total. The van der Waals surface area contributed by atoms with E-state index in [9.17, 15) is 4.21 Å². The second kappa shape index (κ2) is 5.79. The smallest absolute Gasteiger partial charge is 0.221 e. The topological polar surface area (TPSA) is 73.8 Å². The predicted octanol–water partition coefficient (Wildman–Crippen LogP) is 2.37. The SMILES string of the molecule is C[S@@](=O)c1nncn1Cc1cc(-c2ccc(Cl)cc2)no1. The molecule has 3 rings (SSSR count). The molecule has 1 aromatic carbocycles. The highest BCUT2D eigenvalue weighted by Crippen LogP contribution is 2.21. The molecular weight excluding hydrogens is 312 g/mol. The number of hydrogen-bond acceptors (Lipinski definition) is 5. The summed E-state index contributed by atoms with van der Waals surface area (Å²) in [4.78, 5) is 0.